The van der Waals surface area contributed by atoms with Crippen LogP contribution in [0.25, 0.3) is 11.3 Å². The first-order chi connectivity index (χ1) is 13.5. The van der Waals surface area contributed by atoms with Crippen molar-refractivity contribution < 1.29 is 19.5 Å². The monoisotopic (exact) mass is 393 g/mol. The minimum Gasteiger partial charge on any atom is -0.478 e. The Labute approximate surface area is 164 Å². The molecule has 0 fully saturated rings. The molecule has 0 saturated heterocycles. The van der Waals surface area contributed by atoms with Crippen LogP contribution in [0.15, 0.2) is 72.1 Å². The molecule has 2 amide bonds. The third kappa shape index (κ3) is 5.12. The summed E-state index contributed by atoms with van der Waals surface area (Å²) in [6.45, 7) is 0. The van der Waals surface area contributed by atoms with E-state index in [0.29, 0.717) is 22.1 Å². The third-order valence-corrected chi connectivity index (χ3v) is 4.34. The molecule has 0 saturated carbocycles. The molecule has 1 aromatic heterocycles. The molecule has 3 N–H and O–H groups in total. The molecule has 3 aromatic rings. The Morgan fingerprint density at radius 3 is 2.32 bits per heavy atom. The lowest BCUT2D eigenvalue weighted by Gasteiger charge is -2.06. The zero-order valence-electron chi connectivity index (χ0n) is 14.5. The number of aromatic nitrogens is 1. The van der Waals surface area contributed by atoms with Gasteiger partial charge in [0.25, 0.3) is 5.91 Å². The van der Waals surface area contributed by atoms with Crippen LogP contribution in [0.5, 0.6) is 0 Å². The number of amides is 2. The maximum Gasteiger partial charge on any atom is 0.328 e. The van der Waals surface area contributed by atoms with Gasteiger partial charge in [-0.2, -0.15) is 0 Å². The molecule has 0 aliphatic rings. The van der Waals surface area contributed by atoms with E-state index in [9.17, 15) is 14.4 Å². The number of thiazole rings is 1. The van der Waals surface area contributed by atoms with Gasteiger partial charge in [-0.25, -0.2) is 9.78 Å². The zero-order valence-corrected chi connectivity index (χ0v) is 15.3. The zero-order chi connectivity index (χ0) is 19.9. The number of carbonyl (C=O) groups is 3. The number of nitrogens with one attached hydrogen (secondary N) is 2. The first kappa shape index (κ1) is 19.0. The predicted molar refractivity (Wildman–Crippen MR) is 107 cm³/mol. The summed E-state index contributed by atoms with van der Waals surface area (Å²) >= 11 is 1.22. The highest BCUT2D eigenvalue weighted by Crippen LogP contribution is 2.26. The number of hydrogen-bond donors (Lipinski definition) is 3. The van der Waals surface area contributed by atoms with Crippen molar-refractivity contribution in [2.45, 2.75) is 0 Å². The van der Waals surface area contributed by atoms with Crippen molar-refractivity contribution >= 4 is 39.9 Å². The number of carboxylic acid groups (broad SMARTS) is 1. The van der Waals surface area contributed by atoms with Gasteiger partial charge in [-0.1, -0.05) is 30.3 Å². The average Bonchev–Trinajstić information content (AvgIpc) is 3.16. The minimum absolute atomic E-state index is 0.193. The van der Waals surface area contributed by atoms with E-state index in [1.54, 1.807) is 41.8 Å². The van der Waals surface area contributed by atoms with Crippen molar-refractivity contribution in [3.05, 3.63) is 77.7 Å². The van der Waals surface area contributed by atoms with Gasteiger partial charge < -0.3 is 10.4 Å². The van der Waals surface area contributed by atoms with E-state index in [0.717, 1.165) is 17.7 Å². The van der Waals surface area contributed by atoms with Crippen molar-refractivity contribution in [2.75, 3.05) is 10.6 Å². The first-order valence-corrected chi connectivity index (χ1v) is 9.03. The van der Waals surface area contributed by atoms with Crippen LogP contribution in [0.1, 0.15) is 10.4 Å². The smallest absolute Gasteiger partial charge is 0.328 e. The van der Waals surface area contributed by atoms with Crippen LogP contribution in [0.4, 0.5) is 10.8 Å². The van der Waals surface area contributed by atoms with Crippen LogP contribution in [0.3, 0.4) is 0 Å². The number of nitrogens with zero attached hydrogens (tertiary/aromatic N) is 1. The summed E-state index contributed by atoms with van der Waals surface area (Å²) in [5, 5.41) is 16.0. The normalized spacial score (nSPS) is 10.6. The highest BCUT2D eigenvalue weighted by molar-refractivity contribution is 7.14. The number of anilines is 2. The van der Waals surface area contributed by atoms with Gasteiger partial charge in [0.2, 0.25) is 5.91 Å². The molecule has 1 heterocycles. The molecule has 0 radical (unpaired) electrons. The number of aliphatic carboxylic acids is 1. The van der Waals surface area contributed by atoms with Crippen LogP contribution >= 0.6 is 11.3 Å². The standard InChI is InChI=1S/C20H15N3O4S/c24-17(10-11-18(25)26)23-20-22-16(12-28-20)13-6-8-15(9-7-13)21-19(27)14-4-2-1-3-5-14/h1-12H,(H,21,27)(H,25,26)(H,22,23,24). The molecule has 28 heavy (non-hydrogen) atoms. The summed E-state index contributed by atoms with van der Waals surface area (Å²) in [7, 11) is 0. The second kappa shape index (κ2) is 8.74. The molecular weight excluding hydrogens is 378 g/mol. The molecule has 0 aliphatic carbocycles. The lowest BCUT2D eigenvalue weighted by atomic mass is 10.1. The molecular formula is C20H15N3O4S. The maximum absolute atomic E-state index is 12.2. The molecule has 3 rings (SSSR count). The number of carboxylic acids is 1. The van der Waals surface area contributed by atoms with E-state index >= 15 is 0 Å². The fourth-order valence-electron chi connectivity index (χ4n) is 2.27. The number of hydrogen-bond acceptors (Lipinski definition) is 5. The van der Waals surface area contributed by atoms with E-state index in [2.05, 4.69) is 15.6 Å². The largest absolute Gasteiger partial charge is 0.478 e. The highest BCUT2D eigenvalue weighted by atomic mass is 32.1. The summed E-state index contributed by atoms with van der Waals surface area (Å²) < 4.78 is 0. The second-order valence-corrected chi connectivity index (χ2v) is 6.45. The topological polar surface area (TPSA) is 108 Å². The predicted octanol–water partition coefficient (Wildman–Crippen LogP) is 3.64. The molecule has 0 aliphatic heterocycles. The SMILES string of the molecule is O=C(O)C=CC(=O)Nc1nc(-c2ccc(NC(=O)c3ccccc3)cc2)cs1. The average molecular weight is 393 g/mol. The third-order valence-electron chi connectivity index (χ3n) is 3.59. The van der Waals surface area contributed by atoms with Gasteiger partial charge in [-0.05, 0) is 24.3 Å². The van der Waals surface area contributed by atoms with Crippen LogP contribution in [0, 0.1) is 0 Å². The van der Waals surface area contributed by atoms with Crippen molar-refractivity contribution in [1.29, 1.82) is 0 Å². The molecule has 0 spiro atoms. The molecule has 0 bridgehead atoms. The molecule has 140 valence electrons. The summed E-state index contributed by atoms with van der Waals surface area (Å²) in [6, 6.07) is 16.1. The first-order valence-electron chi connectivity index (χ1n) is 8.15. The second-order valence-electron chi connectivity index (χ2n) is 5.60. The van der Waals surface area contributed by atoms with Crippen LogP contribution < -0.4 is 10.6 Å². The quantitative estimate of drug-likeness (QED) is 0.554. The Balaban J connectivity index is 1.64. The van der Waals surface area contributed by atoms with Gasteiger partial charge in [0.15, 0.2) is 5.13 Å². The number of carbonyl (C=O) groups excluding carboxylic acids is 2. The van der Waals surface area contributed by atoms with Gasteiger partial charge in [-0.3, -0.25) is 14.9 Å². The highest BCUT2D eigenvalue weighted by Gasteiger charge is 2.08. The van der Waals surface area contributed by atoms with E-state index in [-0.39, 0.29) is 5.91 Å². The fraction of sp³-hybridized carbons (Fsp3) is 0. The van der Waals surface area contributed by atoms with Gasteiger partial charge in [0.1, 0.15) is 0 Å². The summed E-state index contributed by atoms with van der Waals surface area (Å²) in [4.78, 5) is 38.5. The van der Waals surface area contributed by atoms with Crippen molar-refractivity contribution in [1.82, 2.24) is 4.98 Å². The van der Waals surface area contributed by atoms with Crippen molar-refractivity contribution in [3.8, 4) is 11.3 Å². The minimum atomic E-state index is -1.20. The Morgan fingerprint density at radius 2 is 1.64 bits per heavy atom. The van der Waals surface area contributed by atoms with E-state index in [1.165, 1.54) is 11.3 Å². The van der Waals surface area contributed by atoms with Gasteiger partial charge in [-0.15, -0.1) is 11.3 Å². The van der Waals surface area contributed by atoms with Gasteiger partial charge in [0.05, 0.1) is 5.69 Å². The number of benzene rings is 2. The van der Waals surface area contributed by atoms with Crippen LogP contribution in [-0.2, 0) is 9.59 Å². The molecule has 8 heteroatoms. The van der Waals surface area contributed by atoms with Gasteiger partial charge in [0, 0.05) is 34.3 Å². The van der Waals surface area contributed by atoms with E-state index < -0.39 is 11.9 Å². The van der Waals surface area contributed by atoms with Crippen molar-refractivity contribution in [3.63, 3.8) is 0 Å². The Kier molecular flexibility index (Phi) is 5.93. The molecule has 0 atom stereocenters. The lowest BCUT2D eigenvalue weighted by Crippen LogP contribution is -2.11. The lowest BCUT2D eigenvalue weighted by molar-refractivity contribution is -0.131. The fourth-order valence-corrected chi connectivity index (χ4v) is 3.00. The van der Waals surface area contributed by atoms with E-state index in [4.69, 9.17) is 5.11 Å². The Hall–Kier alpha value is -3.78. The molecule has 2 aromatic carbocycles. The van der Waals surface area contributed by atoms with E-state index in [1.807, 2.05) is 18.2 Å². The van der Waals surface area contributed by atoms with Crippen molar-refractivity contribution in [2.24, 2.45) is 0 Å². The molecule has 7 nitrogen and oxygen atoms in total. The molecule has 0 unspecified atom stereocenters. The number of rotatable bonds is 6. The Bertz CT molecular complexity index is 1030. The summed E-state index contributed by atoms with van der Waals surface area (Å²) in [6.07, 6.45) is 1.68. The maximum atomic E-state index is 12.2. The Morgan fingerprint density at radius 1 is 0.929 bits per heavy atom. The van der Waals surface area contributed by atoms with Crippen LogP contribution in [0.2, 0.25) is 0 Å². The summed E-state index contributed by atoms with van der Waals surface area (Å²) in [5.41, 5.74) is 2.70. The van der Waals surface area contributed by atoms with Crippen LogP contribution in [-0.4, -0.2) is 27.9 Å². The summed E-state index contributed by atoms with van der Waals surface area (Å²) in [5.74, 6) is -1.96. The van der Waals surface area contributed by atoms with Gasteiger partial charge >= 0.3 is 5.97 Å².